The molecule has 2 rings (SSSR count). The van der Waals surface area contributed by atoms with E-state index < -0.39 is 11.8 Å². The molecule has 1 aliphatic rings. The average Bonchev–Trinajstić information content (AvgIpc) is 2.30. The van der Waals surface area contributed by atoms with E-state index in [2.05, 4.69) is 21.2 Å². The van der Waals surface area contributed by atoms with Gasteiger partial charge in [0.25, 0.3) is 5.91 Å². The van der Waals surface area contributed by atoms with Crippen LogP contribution in [0.2, 0.25) is 0 Å². The lowest BCUT2D eigenvalue weighted by Crippen LogP contribution is -2.53. The summed E-state index contributed by atoms with van der Waals surface area (Å²) in [7, 11) is 0. The molecule has 0 unspecified atom stereocenters. The van der Waals surface area contributed by atoms with Crippen LogP contribution in [-0.2, 0) is 9.59 Å². The number of piperazine rings is 1. The molecule has 0 saturated carbocycles. The van der Waals surface area contributed by atoms with E-state index in [0.717, 1.165) is 10.0 Å². The van der Waals surface area contributed by atoms with E-state index in [1.54, 1.807) is 12.1 Å². The molecule has 0 radical (unpaired) electrons. The summed E-state index contributed by atoms with van der Waals surface area (Å²) in [5.41, 5.74) is 1.47. The molecule has 1 N–H and O–H groups in total. The Hall–Kier alpha value is -1.69. The van der Waals surface area contributed by atoms with Crippen LogP contribution in [0.5, 0.6) is 0 Å². The van der Waals surface area contributed by atoms with Gasteiger partial charge in [0.1, 0.15) is 13.1 Å². The number of benzene rings is 1. The van der Waals surface area contributed by atoms with Gasteiger partial charge < -0.3 is 4.90 Å². The van der Waals surface area contributed by atoms with Crippen LogP contribution in [0.1, 0.15) is 15.9 Å². The lowest BCUT2D eigenvalue weighted by molar-refractivity contribution is -0.135. The summed E-state index contributed by atoms with van der Waals surface area (Å²) >= 11 is 3.35. The summed E-state index contributed by atoms with van der Waals surface area (Å²) < 4.78 is 0.820. The van der Waals surface area contributed by atoms with E-state index >= 15 is 0 Å². The third kappa shape index (κ3) is 2.59. The van der Waals surface area contributed by atoms with E-state index in [9.17, 15) is 14.4 Å². The van der Waals surface area contributed by atoms with Crippen molar-refractivity contribution in [1.29, 1.82) is 0 Å². The van der Waals surface area contributed by atoms with E-state index in [4.69, 9.17) is 0 Å². The Balaban J connectivity index is 2.22. The number of halogens is 1. The molecule has 0 spiro atoms. The molecule has 18 heavy (non-hydrogen) atoms. The second kappa shape index (κ2) is 4.89. The van der Waals surface area contributed by atoms with Gasteiger partial charge in [0.05, 0.1) is 0 Å². The van der Waals surface area contributed by atoms with Gasteiger partial charge in [0, 0.05) is 10.0 Å². The number of nitrogens with zero attached hydrogens (tertiary/aromatic N) is 1. The summed E-state index contributed by atoms with van der Waals surface area (Å²) in [5.74, 6) is -1.23. The quantitative estimate of drug-likeness (QED) is 0.782. The van der Waals surface area contributed by atoms with Crippen molar-refractivity contribution in [3.63, 3.8) is 0 Å². The van der Waals surface area contributed by atoms with E-state index in [0.29, 0.717) is 5.56 Å². The predicted molar refractivity (Wildman–Crippen MR) is 67.9 cm³/mol. The van der Waals surface area contributed by atoms with Crippen molar-refractivity contribution in [3.8, 4) is 0 Å². The first-order valence-corrected chi connectivity index (χ1v) is 6.15. The van der Waals surface area contributed by atoms with Gasteiger partial charge in [-0.1, -0.05) is 22.0 Å². The molecule has 1 aromatic carbocycles. The number of hydrogen-bond acceptors (Lipinski definition) is 3. The summed E-state index contributed by atoms with van der Waals surface area (Å²) in [6.45, 7) is 1.74. The molecule has 0 aromatic heterocycles. The first-order chi connectivity index (χ1) is 8.47. The molecule has 0 atom stereocenters. The zero-order valence-electron chi connectivity index (χ0n) is 9.70. The fraction of sp³-hybridized carbons (Fsp3) is 0.250. The molecule has 1 saturated heterocycles. The maximum absolute atomic E-state index is 12.1. The fourth-order valence-corrected chi connectivity index (χ4v) is 2.07. The van der Waals surface area contributed by atoms with Crippen LogP contribution in [0.25, 0.3) is 0 Å². The predicted octanol–water partition coefficient (Wildman–Crippen LogP) is 0.856. The van der Waals surface area contributed by atoms with Gasteiger partial charge in [-0.25, -0.2) is 0 Å². The normalized spacial score (nSPS) is 15.6. The number of imide groups is 1. The first-order valence-electron chi connectivity index (χ1n) is 5.35. The molecule has 1 aromatic rings. The van der Waals surface area contributed by atoms with Crippen molar-refractivity contribution < 1.29 is 14.4 Å². The third-order valence-corrected chi connectivity index (χ3v) is 3.51. The lowest BCUT2D eigenvalue weighted by atomic mass is 10.1. The van der Waals surface area contributed by atoms with Crippen molar-refractivity contribution in [2.24, 2.45) is 0 Å². The Morgan fingerprint density at radius 1 is 1.28 bits per heavy atom. The Morgan fingerprint density at radius 3 is 2.44 bits per heavy atom. The van der Waals surface area contributed by atoms with Crippen molar-refractivity contribution in [2.45, 2.75) is 6.92 Å². The molecule has 0 bridgehead atoms. The van der Waals surface area contributed by atoms with Gasteiger partial charge >= 0.3 is 0 Å². The minimum absolute atomic E-state index is 0.0872. The Bertz CT molecular complexity index is 526. The van der Waals surface area contributed by atoms with Gasteiger partial charge in [-0.05, 0) is 24.6 Å². The number of rotatable bonds is 1. The second-order valence-corrected chi connectivity index (χ2v) is 4.95. The molecule has 1 heterocycles. The average molecular weight is 311 g/mol. The van der Waals surface area contributed by atoms with Crippen LogP contribution >= 0.6 is 15.9 Å². The summed E-state index contributed by atoms with van der Waals surface area (Å²) in [6, 6.07) is 5.18. The number of carbonyl (C=O) groups is 3. The Labute approximate surface area is 112 Å². The third-order valence-electron chi connectivity index (χ3n) is 2.65. The largest absolute Gasteiger partial charge is 0.320 e. The summed E-state index contributed by atoms with van der Waals surface area (Å²) in [5, 5.41) is 2.16. The van der Waals surface area contributed by atoms with E-state index in [-0.39, 0.29) is 19.0 Å². The van der Waals surface area contributed by atoms with Crippen LogP contribution in [0.3, 0.4) is 0 Å². The molecular formula is C12H11BrN2O3. The van der Waals surface area contributed by atoms with Crippen molar-refractivity contribution in [2.75, 3.05) is 13.1 Å². The van der Waals surface area contributed by atoms with Gasteiger partial charge in [-0.2, -0.15) is 0 Å². The molecule has 5 nitrogen and oxygen atoms in total. The molecule has 3 amide bonds. The highest BCUT2D eigenvalue weighted by Gasteiger charge is 2.27. The van der Waals surface area contributed by atoms with Crippen molar-refractivity contribution in [1.82, 2.24) is 10.2 Å². The molecular weight excluding hydrogens is 300 g/mol. The summed E-state index contributed by atoms with van der Waals surface area (Å²) in [6.07, 6.45) is 0. The number of amides is 3. The number of hydrogen-bond donors (Lipinski definition) is 1. The molecule has 0 aliphatic carbocycles. The van der Waals surface area contributed by atoms with Gasteiger partial charge in [0.2, 0.25) is 11.8 Å². The Morgan fingerprint density at radius 2 is 1.89 bits per heavy atom. The van der Waals surface area contributed by atoms with Crippen LogP contribution in [0.4, 0.5) is 0 Å². The minimum Gasteiger partial charge on any atom is -0.320 e. The van der Waals surface area contributed by atoms with Crippen LogP contribution < -0.4 is 5.32 Å². The standard InChI is InChI=1S/C12H11BrN2O3/c1-7-2-3-8(4-9(7)13)12(18)15-5-10(16)14-11(17)6-15/h2-4H,5-6H2,1H3,(H,14,16,17). The zero-order chi connectivity index (χ0) is 13.3. The lowest BCUT2D eigenvalue weighted by Gasteiger charge is -2.25. The topological polar surface area (TPSA) is 66.5 Å². The highest BCUT2D eigenvalue weighted by Crippen LogP contribution is 2.18. The smallest absolute Gasteiger partial charge is 0.254 e. The monoisotopic (exact) mass is 310 g/mol. The van der Waals surface area contributed by atoms with Crippen LogP contribution in [-0.4, -0.2) is 35.7 Å². The highest BCUT2D eigenvalue weighted by atomic mass is 79.9. The molecule has 94 valence electrons. The minimum atomic E-state index is -0.453. The first kappa shape index (κ1) is 12.8. The molecule has 1 aliphatic heterocycles. The second-order valence-electron chi connectivity index (χ2n) is 4.10. The number of carbonyl (C=O) groups excluding carboxylic acids is 3. The van der Waals surface area contributed by atoms with Crippen molar-refractivity contribution >= 4 is 33.7 Å². The highest BCUT2D eigenvalue weighted by molar-refractivity contribution is 9.10. The Kier molecular flexibility index (Phi) is 3.47. The SMILES string of the molecule is Cc1ccc(C(=O)N2CC(=O)NC(=O)C2)cc1Br. The fourth-order valence-electron chi connectivity index (χ4n) is 1.69. The van der Waals surface area contributed by atoms with Gasteiger partial charge in [0.15, 0.2) is 0 Å². The van der Waals surface area contributed by atoms with Gasteiger partial charge in [-0.3, -0.25) is 19.7 Å². The maximum Gasteiger partial charge on any atom is 0.254 e. The molecule has 1 fully saturated rings. The molecule has 6 heteroatoms. The number of nitrogens with one attached hydrogen (secondary N) is 1. The van der Waals surface area contributed by atoms with E-state index in [1.165, 1.54) is 4.90 Å². The van der Waals surface area contributed by atoms with Crippen molar-refractivity contribution in [3.05, 3.63) is 33.8 Å². The maximum atomic E-state index is 12.1. The van der Waals surface area contributed by atoms with Gasteiger partial charge in [-0.15, -0.1) is 0 Å². The summed E-state index contributed by atoms with van der Waals surface area (Å²) in [4.78, 5) is 35.8. The van der Waals surface area contributed by atoms with Crippen LogP contribution in [0, 0.1) is 6.92 Å². The zero-order valence-corrected chi connectivity index (χ0v) is 11.3. The van der Waals surface area contributed by atoms with E-state index in [1.807, 2.05) is 13.0 Å². The number of aryl methyl sites for hydroxylation is 1. The van der Waals surface area contributed by atoms with Crippen LogP contribution in [0.15, 0.2) is 22.7 Å².